The summed E-state index contributed by atoms with van der Waals surface area (Å²) in [5.74, 6) is 0.141. The Kier molecular flexibility index (Phi) is 6.94. The van der Waals surface area contributed by atoms with Gasteiger partial charge in [0.1, 0.15) is 18.5 Å². The fourth-order valence-corrected chi connectivity index (χ4v) is 5.11. The Morgan fingerprint density at radius 3 is 2.77 bits per heavy atom. The molecule has 3 aromatic heterocycles. The number of aliphatic hydroxyl groups is 2. The highest BCUT2D eigenvalue weighted by Crippen LogP contribution is 2.33. The van der Waals surface area contributed by atoms with Crippen molar-refractivity contribution in [2.75, 3.05) is 32.5 Å². The van der Waals surface area contributed by atoms with Crippen LogP contribution in [0.4, 0.5) is 5.82 Å². The van der Waals surface area contributed by atoms with Gasteiger partial charge >= 0.3 is 0 Å². The number of nitrogens with one attached hydrogen (secondary N) is 2. The molecule has 2 fully saturated rings. The minimum Gasteiger partial charge on any atom is -0.387 e. The average Bonchev–Trinajstić information content (AvgIpc) is 3.40. The lowest BCUT2D eigenvalue weighted by Gasteiger charge is -2.16. The number of likely N-dealkylation sites (N-methyl/N-ethyl adjacent to an activating group) is 1. The van der Waals surface area contributed by atoms with Crippen molar-refractivity contribution in [3.8, 4) is 0 Å². The molecule has 39 heavy (non-hydrogen) atoms. The van der Waals surface area contributed by atoms with Gasteiger partial charge in [-0.1, -0.05) is 18.2 Å². The number of amides is 1. The van der Waals surface area contributed by atoms with Crippen LogP contribution in [-0.4, -0.2) is 96.6 Å². The van der Waals surface area contributed by atoms with Gasteiger partial charge in [-0.05, 0) is 45.0 Å². The molecule has 4 aromatic rings. The van der Waals surface area contributed by atoms with Crippen molar-refractivity contribution in [2.45, 2.75) is 56.4 Å². The van der Waals surface area contributed by atoms with Crippen molar-refractivity contribution >= 4 is 33.8 Å². The first-order valence-corrected chi connectivity index (χ1v) is 13.4. The number of hydrogen-bond donors (Lipinski definition) is 4. The minimum atomic E-state index is -1.36. The van der Waals surface area contributed by atoms with Crippen molar-refractivity contribution in [3.63, 3.8) is 0 Å². The first kappa shape index (κ1) is 25.7. The van der Waals surface area contributed by atoms with Crippen molar-refractivity contribution in [1.29, 1.82) is 0 Å². The number of aliphatic hydroxyl groups excluding tert-OH is 2. The molecular weight excluding hydrogens is 500 g/mol. The second-order valence-corrected chi connectivity index (χ2v) is 10.6. The van der Waals surface area contributed by atoms with Gasteiger partial charge in [-0.15, -0.1) is 0 Å². The average molecular weight is 535 g/mol. The van der Waals surface area contributed by atoms with Crippen LogP contribution in [0.2, 0.25) is 0 Å². The van der Waals surface area contributed by atoms with E-state index in [9.17, 15) is 15.0 Å². The smallest absolute Gasteiger partial charge is 0.252 e. The molecule has 2 aliphatic rings. The summed E-state index contributed by atoms with van der Waals surface area (Å²) in [6.07, 6.45) is 2.92. The molecule has 0 spiro atoms. The summed E-state index contributed by atoms with van der Waals surface area (Å²) in [5.41, 5.74) is 3.42. The third kappa shape index (κ3) is 5.08. The zero-order chi connectivity index (χ0) is 27.1. The molecule has 0 bridgehead atoms. The maximum Gasteiger partial charge on any atom is 0.252 e. The van der Waals surface area contributed by atoms with Gasteiger partial charge in [0.15, 0.2) is 29.3 Å². The van der Waals surface area contributed by atoms with Crippen LogP contribution in [-0.2, 0) is 22.5 Å². The fraction of sp³-hybridized carbons (Fsp3) is 0.481. The van der Waals surface area contributed by atoms with E-state index in [-0.39, 0.29) is 6.04 Å². The Balaban J connectivity index is 1.17. The number of carbonyl (C=O) groups excluding carboxylic acids is 1. The largest absolute Gasteiger partial charge is 0.387 e. The molecule has 1 aromatic carbocycles. The van der Waals surface area contributed by atoms with E-state index in [0.717, 1.165) is 32.4 Å². The van der Waals surface area contributed by atoms with Gasteiger partial charge in [-0.25, -0.2) is 15.0 Å². The molecule has 1 saturated carbocycles. The highest BCUT2D eigenvalue weighted by atomic mass is 16.6. The van der Waals surface area contributed by atoms with E-state index in [0.29, 0.717) is 23.5 Å². The van der Waals surface area contributed by atoms with Gasteiger partial charge in [0.2, 0.25) is 0 Å². The lowest BCUT2D eigenvalue weighted by Crippen LogP contribution is -2.43. The number of rotatable bonds is 10. The van der Waals surface area contributed by atoms with Crippen LogP contribution < -0.4 is 10.6 Å². The van der Waals surface area contributed by atoms with E-state index in [2.05, 4.69) is 79.6 Å². The normalized spacial score (nSPS) is 23.2. The van der Waals surface area contributed by atoms with Gasteiger partial charge in [-0.2, -0.15) is 0 Å². The summed E-state index contributed by atoms with van der Waals surface area (Å²) in [4.78, 5) is 27.9. The molecule has 12 nitrogen and oxygen atoms in total. The highest BCUT2D eigenvalue weighted by Gasteiger charge is 2.48. The monoisotopic (exact) mass is 534 g/mol. The summed E-state index contributed by atoms with van der Waals surface area (Å²) < 4.78 is 9.65. The molecule has 1 unspecified atom stereocenters. The maximum atomic E-state index is 12.5. The van der Waals surface area contributed by atoms with Crippen LogP contribution in [0.15, 0.2) is 43.1 Å². The minimum absolute atomic E-state index is 0.120. The zero-order valence-corrected chi connectivity index (χ0v) is 22.1. The number of anilines is 1. The Morgan fingerprint density at radius 1 is 1.15 bits per heavy atom. The van der Waals surface area contributed by atoms with Crippen LogP contribution in [0, 0.1) is 0 Å². The number of carbonyl (C=O) groups is 1. The van der Waals surface area contributed by atoms with E-state index in [1.165, 1.54) is 29.1 Å². The second kappa shape index (κ2) is 10.5. The summed E-state index contributed by atoms with van der Waals surface area (Å²) in [5, 5.41) is 28.6. The van der Waals surface area contributed by atoms with Gasteiger partial charge in [0.25, 0.3) is 5.91 Å². The first-order chi connectivity index (χ1) is 18.9. The molecule has 12 heteroatoms. The molecule has 4 N–H and O–H groups in total. The van der Waals surface area contributed by atoms with Crippen molar-refractivity contribution in [2.24, 2.45) is 0 Å². The lowest BCUT2D eigenvalue weighted by molar-refractivity contribution is -0.137. The van der Waals surface area contributed by atoms with Crippen molar-refractivity contribution < 1.29 is 19.7 Å². The van der Waals surface area contributed by atoms with Gasteiger partial charge in [-0.3, -0.25) is 9.36 Å². The van der Waals surface area contributed by atoms with Gasteiger partial charge < -0.3 is 35.1 Å². The van der Waals surface area contributed by atoms with E-state index in [1.54, 1.807) is 4.57 Å². The predicted molar refractivity (Wildman–Crippen MR) is 145 cm³/mol. The molecule has 0 radical (unpaired) electrons. The molecule has 4 heterocycles. The molecule has 6 rings (SSSR count). The quantitative estimate of drug-likeness (QED) is 0.233. The Bertz CT molecular complexity index is 1480. The van der Waals surface area contributed by atoms with E-state index < -0.39 is 30.4 Å². The van der Waals surface area contributed by atoms with Crippen LogP contribution in [0.25, 0.3) is 22.1 Å². The van der Waals surface area contributed by atoms with Crippen LogP contribution in [0.1, 0.15) is 24.6 Å². The number of benzene rings is 1. The van der Waals surface area contributed by atoms with Crippen LogP contribution in [0.3, 0.4) is 0 Å². The van der Waals surface area contributed by atoms with Gasteiger partial charge in [0.05, 0.1) is 6.33 Å². The van der Waals surface area contributed by atoms with E-state index in [4.69, 9.17) is 4.74 Å². The molecule has 1 amide bonds. The first-order valence-electron chi connectivity index (χ1n) is 13.4. The van der Waals surface area contributed by atoms with Crippen molar-refractivity contribution in [3.05, 3.63) is 48.7 Å². The molecule has 4 atom stereocenters. The number of nitrogens with zero attached hydrogens (tertiary/aromatic N) is 6. The third-order valence-electron chi connectivity index (χ3n) is 7.40. The summed E-state index contributed by atoms with van der Waals surface area (Å²) in [6.45, 7) is 2.50. The maximum absolute atomic E-state index is 12.5. The predicted octanol–water partition coefficient (Wildman–Crippen LogP) is 0.895. The standard InChI is InChI=1S/C27H34N8O4/c1-33(2)11-12-34-13-16(18-5-3-4-6-19(18)34)9-10-28-24-20-25(30-14-29-24)35(15-31-20)27-22(37)21(36)23(39-27)26(38)32-17-7-8-17/h3-6,13-15,17,21-23,27,36-37H,7-12H2,1-2H3,(H,32,38)(H,28,29,30)/t21-,22+,23-,27?/m0/s1. The molecular formula is C27H34N8O4. The lowest BCUT2D eigenvalue weighted by atomic mass is 10.1. The third-order valence-corrected chi connectivity index (χ3v) is 7.40. The molecule has 1 aliphatic carbocycles. The Labute approximate surface area is 225 Å². The topological polar surface area (TPSA) is 143 Å². The van der Waals surface area contributed by atoms with Gasteiger partial charge in [0, 0.05) is 42.8 Å². The SMILES string of the molecule is CN(C)CCn1cc(CCNc2ncnc3c2ncn3C2O[C@H](C(=O)NC3CC3)[C@@H](O)[C@H]2O)c2ccccc21. The van der Waals surface area contributed by atoms with Crippen LogP contribution in [0.5, 0.6) is 0 Å². The highest BCUT2D eigenvalue weighted by molar-refractivity contribution is 5.85. The van der Waals surface area contributed by atoms with Crippen molar-refractivity contribution in [1.82, 2.24) is 34.3 Å². The van der Waals surface area contributed by atoms with E-state index in [1.807, 2.05) is 0 Å². The molecule has 1 saturated heterocycles. The van der Waals surface area contributed by atoms with E-state index >= 15 is 0 Å². The fourth-order valence-electron chi connectivity index (χ4n) is 5.11. The Morgan fingerprint density at radius 2 is 1.97 bits per heavy atom. The summed E-state index contributed by atoms with van der Waals surface area (Å²) in [6, 6.07) is 8.55. The molecule has 206 valence electrons. The summed E-state index contributed by atoms with van der Waals surface area (Å²) in [7, 11) is 4.15. The number of para-hydroxylation sites is 1. The number of ether oxygens (including phenoxy) is 1. The number of imidazole rings is 1. The number of fused-ring (bicyclic) bond motifs is 2. The number of aromatic nitrogens is 5. The van der Waals surface area contributed by atoms with Crippen LogP contribution >= 0.6 is 0 Å². The zero-order valence-electron chi connectivity index (χ0n) is 22.1. The number of hydrogen-bond acceptors (Lipinski definition) is 9. The Hall–Kier alpha value is -3.58. The molecule has 1 aliphatic heterocycles. The second-order valence-electron chi connectivity index (χ2n) is 10.6. The summed E-state index contributed by atoms with van der Waals surface area (Å²) >= 11 is 0.